The summed E-state index contributed by atoms with van der Waals surface area (Å²) in [5.41, 5.74) is 11.6. The van der Waals surface area contributed by atoms with Gasteiger partial charge in [-0.25, -0.2) is 0 Å². The molecule has 0 N–H and O–H groups in total. The van der Waals surface area contributed by atoms with Gasteiger partial charge in [0.05, 0.1) is 11.4 Å². The van der Waals surface area contributed by atoms with E-state index in [2.05, 4.69) is 145 Å². The van der Waals surface area contributed by atoms with Gasteiger partial charge in [-0.05, 0) is 102 Å². The zero-order valence-corrected chi connectivity index (χ0v) is 23.7. The van der Waals surface area contributed by atoms with Crippen LogP contribution in [0.3, 0.4) is 0 Å². The fourth-order valence-corrected chi connectivity index (χ4v) is 6.57. The first-order chi connectivity index (χ1) is 17.7. The van der Waals surface area contributed by atoms with Crippen molar-refractivity contribution < 1.29 is 0 Å². The van der Waals surface area contributed by atoms with Gasteiger partial charge in [0.15, 0.2) is 0 Å². The van der Waals surface area contributed by atoms with Crippen LogP contribution in [0.25, 0.3) is 11.1 Å². The highest BCUT2D eigenvalue weighted by molar-refractivity contribution is 7.08. The summed E-state index contributed by atoms with van der Waals surface area (Å²) >= 11 is 3.47. The Bertz CT molecular complexity index is 1510. The van der Waals surface area contributed by atoms with Crippen LogP contribution in [0.15, 0.2) is 100 Å². The van der Waals surface area contributed by atoms with Crippen LogP contribution >= 0.6 is 22.7 Å². The molecule has 6 rings (SSSR count). The fraction of sp³-hybridized carbons (Fsp3) is 0.212. The molecule has 4 heteroatoms. The van der Waals surface area contributed by atoms with E-state index < -0.39 is 0 Å². The zero-order chi connectivity index (χ0) is 25.8. The minimum atomic E-state index is -0.00983. The second-order valence-electron chi connectivity index (χ2n) is 11.3. The summed E-state index contributed by atoms with van der Waals surface area (Å²) in [6, 6.07) is 29.2. The summed E-state index contributed by atoms with van der Waals surface area (Å²) < 4.78 is 0. The maximum atomic E-state index is 2.41. The Kier molecular flexibility index (Phi) is 5.78. The van der Waals surface area contributed by atoms with Gasteiger partial charge in [-0.2, -0.15) is 22.7 Å². The van der Waals surface area contributed by atoms with Crippen molar-refractivity contribution in [1.82, 2.24) is 0 Å². The van der Waals surface area contributed by atoms with Gasteiger partial charge in [-0.3, -0.25) is 0 Å². The lowest BCUT2D eigenvalue weighted by atomic mass is 10.0. The van der Waals surface area contributed by atoms with Crippen LogP contribution in [-0.2, 0) is 5.41 Å². The van der Waals surface area contributed by atoms with Crippen LogP contribution in [0.4, 0.5) is 28.4 Å². The topological polar surface area (TPSA) is 6.48 Å². The quantitative estimate of drug-likeness (QED) is 0.220. The van der Waals surface area contributed by atoms with Crippen molar-refractivity contribution in [2.75, 3.05) is 9.80 Å². The van der Waals surface area contributed by atoms with Gasteiger partial charge in [-0.15, -0.1) is 0 Å². The van der Waals surface area contributed by atoms with E-state index in [1.54, 1.807) is 22.7 Å². The van der Waals surface area contributed by atoms with E-state index in [4.69, 9.17) is 0 Å². The van der Waals surface area contributed by atoms with E-state index in [1.807, 2.05) is 0 Å². The summed E-state index contributed by atoms with van der Waals surface area (Å²) in [5.74, 6) is 0. The highest BCUT2D eigenvalue weighted by Crippen LogP contribution is 2.51. The predicted molar refractivity (Wildman–Crippen MR) is 163 cm³/mol. The Hall–Kier alpha value is -3.34. The minimum absolute atomic E-state index is 0.00983. The van der Waals surface area contributed by atoms with Gasteiger partial charge in [0.2, 0.25) is 0 Å². The summed E-state index contributed by atoms with van der Waals surface area (Å²) in [5, 5.41) is 8.73. The zero-order valence-electron chi connectivity index (χ0n) is 22.0. The number of benzene rings is 3. The molecule has 5 aromatic rings. The van der Waals surface area contributed by atoms with E-state index in [-0.39, 0.29) is 11.0 Å². The summed E-state index contributed by atoms with van der Waals surface area (Å²) in [7, 11) is 0. The van der Waals surface area contributed by atoms with Crippen LogP contribution in [0.1, 0.15) is 45.7 Å². The molecule has 37 heavy (non-hydrogen) atoms. The lowest BCUT2D eigenvalue weighted by Crippen LogP contribution is -2.37. The van der Waals surface area contributed by atoms with E-state index >= 15 is 0 Å². The SMILES string of the molecule is CC1(C)c2ccc(N(c3ccc(-c4ccc(N(c5ccsc5)C(C)(C)C)cc4)cc3)c3ccsc3)cc21. The van der Waals surface area contributed by atoms with Gasteiger partial charge in [0.25, 0.3) is 0 Å². The first-order valence-corrected chi connectivity index (χ1v) is 14.6. The molecule has 1 aliphatic rings. The molecule has 0 bridgehead atoms. The van der Waals surface area contributed by atoms with Crippen LogP contribution in [0.2, 0.25) is 0 Å². The van der Waals surface area contributed by atoms with Crippen molar-refractivity contribution in [1.29, 1.82) is 0 Å². The maximum Gasteiger partial charge on any atom is 0.0568 e. The van der Waals surface area contributed by atoms with Crippen molar-refractivity contribution in [2.45, 2.75) is 45.6 Å². The first kappa shape index (κ1) is 24.0. The normalized spacial score (nSPS) is 13.8. The molecule has 0 atom stereocenters. The highest BCUT2D eigenvalue weighted by Gasteiger charge is 2.41. The molecule has 0 saturated heterocycles. The van der Waals surface area contributed by atoms with E-state index in [0.717, 1.165) is 0 Å². The molecule has 2 heterocycles. The van der Waals surface area contributed by atoms with Crippen LogP contribution in [0, 0.1) is 0 Å². The number of nitrogens with zero attached hydrogens (tertiary/aromatic N) is 2. The van der Waals surface area contributed by atoms with Crippen LogP contribution in [-0.4, -0.2) is 5.54 Å². The number of thiophene rings is 2. The molecule has 0 unspecified atom stereocenters. The van der Waals surface area contributed by atoms with Crippen molar-refractivity contribution in [3.63, 3.8) is 0 Å². The molecule has 2 nitrogen and oxygen atoms in total. The van der Waals surface area contributed by atoms with Gasteiger partial charge in [-0.1, -0.05) is 44.2 Å². The van der Waals surface area contributed by atoms with Gasteiger partial charge >= 0.3 is 0 Å². The molecule has 3 aromatic carbocycles. The Morgan fingerprint density at radius 3 is 1.62 bits per heavy atom. The molecule has 1 aliphatic carbocycles. The number of anilines is 5. The van der Waals surface area contributed by atoms with Gasteiger partial charge < -0.3 is 9.80 Å². The Labute approximate surface area is 228 Å². The molecule has 0 saturated carbocycles. The predicted octanol–water partition coefficient (Wildman–Crippen LogP) is 10.5. The Morgan fingerprint density at radius 2 is 1.11 bits per heavy atom. The lowest BCUT2D eigenvalue weighted by molar-refractivity contribution is 0.561. The average Bonchev–Trinajstić information content (AvgIpc) is 3.37. The summed E-state index contributed by atoms with van der Waals surface area (Å²) in [6.07, 6.45) is 0. The molecule has 0 radical (unpaired) electrons. The number of hydrogen-bond acceptors (Lipinski definition) is 4. The van der Waals surface area contributed by atoms with Gasteiger partial charge in [0, 0.05) is 38.8 Å². The first-order valence-electron chi connectivity index (χ1n) is 12.7. The van der Waals surface area contributed by atoms with E-state index in [9.17, 15) is 0 Å². The van der Waals surface area contributed by atoms with Crippen molar-refractivity contribution in [3.8, 4) is 11.1 Å². The monoisotopic (exact) mass is 520 g/mol. The van der Waals surface area contributed by atoms with E-state index in [1.165, 1.54) is 50.7 Å². The number of rotatable bonds is 6. The van der Waals surface area contributed by atoms with Crippen LogP contribution in [0.5, 0.6) is 0 Å². The molecule has 186 valence electrons. The Morgan fingerprint density at radius 1 is 0.568 bits per heavy atom. The molecule has 0 amide bonds. The van der Waals surface area contributed by atoms with Crippen molar-refractivity contribution in [3.05, 3.63) is 112 Å². The Balaban J connectivity index is 1.30. The fourth-order valence-electron chi connectivity index (χ4n) is 5.33. The third-order valence-corrected chi connectivity index (χ3v) is 8.67. The molecule has 2 aromatic heterocycles. The van der Waals surface area contributed by atoms with Crippen LogP contribution < -0.4 is 9.80 Å². The third-order valence-electron chi connectivity index (χ3n) is 7.33. The molecule has 0 fully saturated rings. The largest absolute Gasteiger partial charge is 0.335 e. The summed E-state index contributed by atoms with van der Waals surface area (Å²) in [4.78, 5) is 4.77. The molecule has 0 spiro atoms. The molecule has 0 aliphatic heterocycles. The smallest absolute Gasteiger partial charge is 0.0568 e. The highest BCUT2D eigenvalue weighted by atomic mass is 32.1. The number of fused-ring (bicyclic) bond motifs is 1. The third kappa shape index (κ3) is 4.39. The molecular formula is C33H32N2S2. The van der Waals surface area contributed by atoms with Crippen molar-refractivity contribution in [2.24, 2.45) is 0 Å². The molecular weight excluding hydrogens is 489 g/mol. The lowest BCUT2D eigenvalue weighted by Gasteiger charge is -2.37. The second kappa shape index (κ2) is 8.90. The standard InChI is InChI=1S/C33H32N2S2/c1-32(2,3)35(29-17-19-37-22-29)26-12-8-24(9-13-26)23-6-10-25(11-7-23)34(28-16-18-36-21-28)27-14-15-30-31(20-27)33(30,4)5/h6-22H,1-5H3. The summed E-state index contributed by atoms with van der Waals surface area (Å²) in [6.45, 7) is 11.4. The maximum absolute atomic E-state index is 2.41. The second-order valence-corrected chi connectivity index (χ2v) is 12.8. The number of hydrogen-bond donors (Lipinski definition) is 0. The minimum Gasteiger partial charge on any atom is -0.335 e. The average molecular weight is 521 g/mol. The van der Waals surface area contributed by atoms with Gasteiger partial charge in [0.1, 0.15) is 0 Å². The van der Waals surface area contributed by atoms with Crippen molar-refractivity contribution >= 4 is 51.1 Å². The van der Waals surface area contributed by atoms with E-state index in [0.29, 0.717) is 0 Å².